The number of fused-ring (bicyclic) bond motifs is 1. The van der Waals surface area contributed by atoms with Gasteiger partial charge in [-0.3, -0.25) is 14.7 Å². The molecule has 8 nitrogen and oxygen atoms in total. The van der Waals surface area contributed by atoms with Crippen LogP contribution in [0.25, 0.3) is 11.0 Å². The highest BCUT2D eigenvalue weighted by atomic mass is 32.2. The quantitative estimate of drug-likeness (QED) is 0.323. The number of piperazine rings is 1. The molecule has 38 heavy (non-hydrogen) atoms. The highest BCUT2D eigenvalue weighted by Gasteiger charge is 2.23. The first-order valence-corrected chi connectivity index (χ1v) is 14.0. The van der Waals surface area contributed by atoms with Crippen LogP contribution in [0.1, 0.15) is 27.4 Å². The van der Waals surface area contributed by atoms with Crippen molar-refractivity contribution in [2.45, 2.75) is 18.7 Å². The van der Waals surface area contributed by atoms with Crippen molar-refractivity contribution in [3.63, 3.8) is 0 Å². The number of benzene rings is 2. The number of nitrogens with zero attached hydrogens (tertiary/aromatic N) is 4. The summed E-state index contributed by atoms with van der Waals surface area (Å²) < 4.78 is 26.5. The molecule has 1 atom stereocenters. The number of rotatable bonds is 9. The van der Waals surface area contributed by atoms with Gasteiger partial charge in [-0.15, -0.1) is 0 Å². The van der Waals surface area contributed by atoms with Crippen molar-refractivity contribution in [2.75, 3.05) is 44.7 Å². The summed E-state index contributed by atoms with van der Waals surface area (Å²) in [6, 6.07) is 21.3. The molecule has 4 aromatic rings. The highest BCUT2D eigenvalue weighted by Crippen LogP contribution is 2.31. The Morgan fingerprint density at radius 3 is 2.58 bits per heavy atom. The zero-order chi connectivity index (χ0) is 26.5. The van der Waals surface area contributed by atoms with E-state index in [1.807, 2.05) is 54.7 Å². The summed E-state index contributed by atoms with van der Waals surface area (Å²) in [5, 5.41) is 0.907. The number of carbonyl (C=O) groups excluding carboxylic acids is 1. The molecule has 1 fully saturated rings. The molecule has 198 valence electrons. The number of carbonyl (C=O) groups is 1. The van der Waals surface area contributed by atoms with Gasteiger partial charge >= 0.3 is 0 Å². The molecule has 0 saturated carbocycles. The maximum Gasteiger partial charge on any atom is 0.289 e. The van der Waals surface area contributed by atoms with E-state index in [1.54, 1.807) is 18.0 Å². The van der Waals surface area contributed by atoms with Crippen LogP contribution < -0.4 is 4.90 Å². The molecule has 1 saturated heterocycles. The summed E-state index contributed by atoms with van der Waals surface area (Å²) >= 11 is -1.91. The van der Waals surface area contributed by atoms with Gasteiger partial charge in [-0.1, -0.05) is 42.5 Å². The van der Waals surface area contributed by atoms with Crippen molar-refractivity contribution >= 4 is 33.6 Å². The standard InChI is InChI=1S/C29H32N4O4S/c1-31(20-22-6-4-7-23(18-22)21-38(35)36)29(34)27-19-24-8-5-10-26(28(24)37-27)33-16-14-32(15-17-33)13-11-25-9-2-3-12-30-25/h2-10,12,18-19H,11,13-17,20-21H2,1H3,(H,35,36). The Labute approximate surface area is 225 Å². The largest absolute Gasteiger partial charge is 0.449 e. The molecule has 1 aliphatic heterocycles. The van der Waals surface area contributed by atoms with Gasteiger partial charge in [0.05, 0.1) is 11.4 Å². The van der Waals surface area contributed by atoms with Crippen LogP contribution in [-0.2, 0) is 29.8 Å². The monoisotopic (exact) mass is 532 g/mol. The molecular weight excluding hydrogens is 500 g/mol. The van der Waals surface area contributed by atoms with Crippen LogP contribution in [0.5, 0.6) is 0 Å². The van der Waals surface area contributed by atoms with Gasteiger partial charge in [0.2, 0.25) is 0 Å². The first kappa shape index (κ1) is 26.1. The zero-order valence-corrected chi connectivity index (χ0v) is 22.3. The Morgan fingerprint density at radius 2 is 1.82 bits per heavy atom. The summed E-state index contributed by atoms with van der Waals surface area (Å²) in [4.78, 5) is 24.0. The van der Waals surface area contributed by atoms with E-state index in [4.69, 9.17) is 8.97 Å². The Kier molecular flexibility index (Phi) is 8.17. The third-order valence-electron chi connectivity index (χ3n) is 6.91. The molecule has 2 aromatic carbocycles. The summed E-state index contributed by atoms with van der Waals surface area (Å²) in [6.07, 6.45) is 2.79. The summed E-state index contributed by atoms with van der Waals surface area (Å²) in [5.41, 5.74) is 4.51. The molecule has 5 rings (SSSR count). The lowest BCUT2D eigenvalue weighted by atomic mass is 10.1. The van der Waals surface area contributed by atoms with E-state index in [-0.39, 0.29) is 11.7 Å². The number of hydrogen-bond acceptors (Lipinski definition) is 6. The summed E-state index contributed by atoms with van der Waals surface area (Å²) in [6.45, 7) is 5.06. The fourth-order valence-electron chi connectivity index (χ4n) is 4.93. The van der Waals surface area contributed by atoms with Crippen LogP contribution in [0.2, 0.25) is 0 Å². The SMILES string of the molecule is CN(Cc1cccc(CS(=O)O)c1)C(=O)c1cc2cccc(N3CCN(CCc4ccccn4)CC3)c2o1. The molecule has 1 amide bonds. The molecule has 0 bridgehead atoms. The minimum atomic E-state index is -1.91. The average molecular weight is 533 g/mol. The predicted molar refractivity (Wildman–Crippen MR) is 150 cm³/mol. The van der Waals surface area contributed by atoms with Crippen LogP contribution in [0, 0.1) is 0 Å². The van der Waals surface area contributed by atoms with Gasteiger partial charge in [-0.25, -0.2) is 4.21 Å². The van der Waals surface area contributed by atoms with Crippen molar-refractivity contribution in [1.29, 1.82) is 0 Å². The van der Waals surface area contributed by atoms with E-state index in [0.29, 0.717) is 12.3 Å². The van der Waals surface area contributed by atoms with Gasteiger partial charge in [0, 0.05) is 70.0 Å². The predicted octanol–water partition coefficient (Wildman–Crippen LogP) is 4.19. The number of anilines is 1. The third-order valence-corrected chi connectivity index (χ3v) is 7.49. The molecule has 1 aliphatic rings. The lowest BCUT2D eigenvalue weighted by molar-refractivity contribution is 0.0756. The molecular formula is C29H32N4O4S. The Hall–Kier alpha value is -3.53. The second kappa shape index (κ2) is 11.9. The van der Waals surface area contributed by atoms with E-state index in [2.05, 4.69) is 26.9 Å². The van der Waals surface area contributed by atoms with Crippen molar-refractivity contribution in [3.8, 4) is 0 Å². The topological polar surface area (TPSA) is 90.1 Å². The Balaban J connectivity index is 1.23. The fourth-order valence-corrected chi connectivity index (χ4v) is 5.39. The molecule has 9 heteroatoms. The van der Waals surface area contributed by atoms with Gasteiger partial charge in [0.25, 0.3) is 5.91 Å². The van der Waals surface area contributed by atoms with Gasteiger partial charge in [-0.2, -0.15) is 0 Å². The summed E-state index contributed by atoms with van der Waals surface area (Å²) in [5.74, 6) is 0.162. The maximum absolute atomic E-state index is 13.2. The van der Waals surface area contributed by atoms with Crippen molar-refractivity contribution in [3.05, 3.63) is 95.5 Å². The van der Waals surface area contributed by atoms with Crippen molar-refractivity contribution in [2.24, 2.45) is 0 Å². The molecule has 0 aliphatic carbocycles. The number of aromatic nitrogens is 1. The average Bonchev–Trinajstić information content (AvgIpc) is 3.37. The second-order valence-electron chi connectivity index (χ2n) is 9.65. The highest BCUT2D eigenvalue weighted by molar-refractivity contribution is 7.78. The normalized spacial score (nSPS) is 15.1. The molecule has 1 unspecified atom stereocenters. The number of hydrogen-bond donors (Lipinski definition) is 1. The molecule has 3 heterocycles. The van der Waals surface area contributed by atoms with Gasteiger partial charge in [-0.05, 0) is 35.4 Å². The Bertz CT molecular complexity index is 1420. The van der Waals surface area contributed by atoms with Crippen LogP contribution in [-0.4, -0.2) is 69.2 Å². The second-order valence-corrected chi connectivity index (χ2v) is 10.6. The van der Waals surface area contributed by atoms with Gasteiger partial charge in [0.1, 0.15) is 0 Å². The van der Waals surface area contributed by atoms with E-state index in [1.165, 1.54) is 0 Å². The number of para-hydroxylation sites is 1. The first-order chi connectivity index (χ1) is 18.5. The van der Waals surface area contributed by atoms with Crippen molar-refractivity contribution in [1.82, 2.24) is 14.8 Å². The maximum atomic E-state index is 13.2. The molecule has 0 spiro atoms. The molecule has 0 radical (unpaired) electrons. The molecule has 2 aromatic heterocycles. The number of furan rings is 1. The van der Waals surface area contributed by atoms with Crippen LogP contribution in [0.15, 0.2) is 77.3 Å². The van der Waals surface area contributed by atoms with E-state index < -0.39 is 11.1 Å². The summed E-state index contributed by atoms with van der Waals surface area (Å²) in [7, 11) is 1.73. The van der Waals surface area contributed by atoms with Gasteiger partial charge < -0.3 is 18.8 Å². The number of amides is 1. The number of pyridine rings is 1. The first-order valence-electron chi connectivity index (χ1n) is 12.8. The van der Waals surface area contributed by atoms with E-state index >= 15 is 0 Å². The minimum Gasteiger partial charge on any atom is -0.449 e. The lowest BCUT2D eigenvalue weighted by Gasteiger charge is -2.36. The third kappa shape index (κ3) is 6.30. The van der Waals surface area contributed by atoms with E-state index in [0.717, 1.165) is 72.6 Å². The fraction of sp³-hybridized carbons (Fsp3) is 0.310. The van der Waals surface area contributed by atoms with Crippen LogP contribution in [0.3, 0.4) is 0 Å². The minimum absolute atomic E-state index is 0.0658. The van der Waals surface area contributed by atoms with Crippen LogP contribution in [0.4, 0.5) is 5.69 Å². The zero-order valence-electron chi connectivity index (χ0n) is 21.5. The van der Waals surface area contributed by atoms with E-state index in [9.17, 15) is 9.00 Å². The Morgan fingerprint density at radius 1 is 1.03 bits per heavy atom. The van der Waals surface area contributed by atoms with Crippen molar-refractivity contribution < 1.29 is 18.0 Å². The smallest absolute Gasteiger partial charge is 0.289 e. The van der Waals surface area contributed by atoms with Gasteiger partial charge in [0.15, 0.2) is 22.4 Å². The molecule has 1 N–H and O–H groups in total. The lowest BCUT2D eigenvalue weighted by Crippen LogP contribution is -2.47. The van der Waals surface area contributed by atoms with Crippen LogP contribution >= 0.6 is 0 Å².